The number of anilines is 1. The summed E-state index contributed by atoms with van der Waals surface area (Å²) < 4.78 is 5.49. The number of carbonyl (C=O) groups is 1. The third-order valence-electron chi connectivity index (χ3n) is 4.93. The van der Waals surface area contributed by atoms with Crippen LogP contribution in [0.2, 0.25) is 0 Å². The van der Waals surface area contributed by atoms with E-state index in [1.807, 2.05) is 53.9 Å². The van der Waals surface area contributed by atoms with Crippen LogP contribution in [0, 0.1) is 0 Å². The summed E-state index contributed by atoms with van der Waals surface area (Å²) >= 11 is 1.40. The average molecular weight is 388 g/mol. The van der Waals surface area contributed by atoms with Crippen molar-refractivity contribution in [1.82, 2.24) is 15.1 Å². The first kappa shape index (κ1) is 16.8. The number of nitrogens with one attached hydrogen (secondary N) is 1. The number of carbonyl (C=O) groups excluding carboxylic acids is 1. The zero-order chi connectivity index (χ0) is 19.0. The SMILES string of the molecule is O=C(Nc1nc(-c2cccnc2)cs1)C1(c2cc(-c3ccccc3)on2)CC1. The van der Waals surface area contributed by atoms with Gasteiger partial charge in [0, 0.05) is 35.0 Å². The molecule has 28 heavy (non-hydrogen) atoms. The molecule has 1 aliphatic carbocycles. The Morgan fingerprint density at radius 2 is 1.93 bits per heavy atom. The van der Waals surface area contributed by atoms with Gasteiger partial charge in [0.15, 0.2) is 10.9 Å². The summed E-state index contributed by atoms with van der Waals surface area (Å²) in [5, 5.41) is 9.61. The van der Waals surface area contributed by atoms with E-state index in [1.54, 1.807) is 12.4 Å². The molecule has 1 saturated carbocycles. The smallest absolute Gasteiger partial charge is 0.238 e. The van der Waals surface area contributed by atoms with Crippen molar-refractivity contribution in [3.05, 3.63) is 72.0 Å². The maximum absolute atomic E-state index is 13.0. The summed E-state index contributed by atoms with van der Waals surface area (Å²) in [6.45, 7) is 0. The molecule has 1 aliphatic rings. The molecule has 3 heterocycles. The van der Waals surface area contributed by atoms with E-state index in [0.29, 0.717) is 16.6 Å². The Kier molecular flexibility index (Phi) is 4.02. The average Bonchev–Trinajstić information content (AvgIpc) is 3.18. The largest absolute Gasteiger partial charge is 0.356 e. The molecule has 1 N–H and O–H groups in total. The zero-order valence-corrected chi connectivity index (χ0v) is 15.6. The molecule has 0 saturated heterocycles. The predicted octanol–water partition coefficient (Wildman–Crippen LogP) is 4.53. The van der Waals surface area contributed by atoms with Crippen LogP contribution in [0.3, 0.4) is 0 Å². The Balaban J connectivity index is 1.35. The van der Waals surface area contributed by atoms with Gasteiger partial charge in [-0.15, -0.1) is 11.3 Å². The van der Waals surface area contributed by atoms with Gasteiger partial charge < -0.3 is 9.84 Å². The summed E-state index contributed by atoms with van der Waals surface area (Å²) in [7, 11) is 0. The normalized spacial score (nSPS) is 14.6. The minimum Gasteiger partial charge on any atom is -0.356 e. The molecule has 0 unspecified atom stereocenters. The molecule has 0 radical (unpaired) electrons. The first-order chi connectivity index (χ1) is 13.7. The van der Waals surface area contributed by atoms with Crippen molar-refractivity contribution in [2.75, 3.05) is 5.32 Å². The highest BCUT2D eigenvalue weighted by molar-refractivity contribution is 7.14. The van der Waals surface area contributed by atoms with Crippen molar-refractivity contribution in [3.63, 3.8) is 0 Å². The molecule has 0 atom stereocenters. The minimum absolute atomic E-state index is 0.0903. The first-order valence-electron chi connectivity index (χ1n) is 8.95. The van der Waals surface area contributed by atoms with Crippen LogP contribution in [0.4, 0.5) is 5.13 Å². The molecule has 7 heteroatoms. The van der Waals surface area contributed by atoms with E-state index in [9.17, 15) is 4.79 Å². The molecule has 138 valence electrons. The number of nitrogens with zero attached hydrogens (tertiary/aromatic N) is 3. The van der Waals surface area contributed by atoms with Gasteiger partial charge in [-0.2, -0.15) is 0 Å². The summed E-state index contributed by atoms with van der Waals surface area (Å²) in [5.74, 6) is 0.579. The third kappa shape index (κ3) is 2.99. The summed E-state index contributed by atoms with van der Waals surface area (Å²) in [5.41, 5.74) is 2.71. The van der Waals surface area contributed by atoms with Gasteiger partial charge in [-0.1, -0.05) is 35.5 Å². The van der Waals surface area contributed by atoms with Crippen LogP contribution in [0.1, 0.15) is 18.5 Å². The Bertz CT molecular complexity index is 1120. The van der Waals surface area contributed by atoms with E-state index in [-0.39, 0.29) is 5.91 Å². The van der Waals surface area contributed by atoms with Gasteiger partial charge in [0.1, 0.15) is 0 Å². The van der Waals surface area contributed by atoms with Crippen molar-refractivity contribution in [1.29, 1.82) is 0 Å². The third-order valence-corrected chi connectivity index (χ3v) is 5.68. The van der Waals surface area contributed by atoms with E-state index >= 15 is 0 Å². The lowest BCUT2D eigenvalue weighted by Gasteiger charge is -2.10. The topological polar surface area (TPSA) is 80.9 Å². The van der Waals surface area contributed by atoms with Crippen molar-refractivity contribution in [2.45, 2.75) is 18.3 Å². The van der Waals surface area contributed by atoms with E-state index in [1.165, 1.54) is 11.3 Å². The number of hydrogen-bond acceptors (Lipinski definition) is 6. The van der Waals surface area contributed by atoms with Crippen LogP contribution in [0.5, 0.6) is 0 Å². The minimum atomic E-state index is -0.628. The quantitative estimate of drug-likeness (QED) is 0.543. The van der Waals surface area contributed by atoms with E-state index in [0.717, 1.165) is 29.7 Å². The Labute approximate surface area is 165 Å². The van der Waals surface area contributed by atoms with Crippen molar-refractivity contribution in [3.8, 4) is 22.6 Å². The number of amides is 1. The van der Waals surface area contributed by atoms with Gasteiger partial charge in [0.05, 0.1) is 16.8 Å². The number of rotatable bonds is 5. The molecule has 1 amide bonds. The molecule has 4 aromatic rings. The van der Waals surface area contributed by atoms with Crippen LogP contribution < -0.4 is 5.32 Å². The summed E-state index contributed by atoms with van der Waals surface area (Å²) in [6.07, 6.45) is 4.97. The Morgan fingerprint density at radius 1 is 1.11 bits per heavy atom. The molecular weight excluding hydrogens is 372 g/mol. The van der Waals surface area contributed by atoms with Crippen molar-refractivity contribution in [2.24, 2.45) is 0 Å². The lowest BCUT2D eigenvalue weighted by atomic mass is 10.0. The summed E-state index contributed by atoms with van der Waals surface area (Å²) in [6, 6.07) is 15.4. The predicted molar refractivity (Wildman–Crippen MR) is 107 cm³/mol. The molecule has 0 spiro atoms. The highest BCUT2D eigenvalue weighted by Gasteiger charge is 2.54. The fourth-order valence-electron chi connectivity index (χ4n) is 3.16. The standard InChI is InChI=1S/C21H16N4O2S/c26-19(24-20-23-16(13-28-20)15-7-4-10-22-12-15)21(8-9-21)18-11-17(27-25-18)14-5-2-1-3-6-14/h1-7,10-13H,8-9H2,(H,23,24,26). The number of thiazole rings is 1. The lowest BCUT2D eigenvalue weighted by molar-refractivity contribution is -0.118. The molecule has 6 nitrogen and oxygen atoms in total. The van der Waals surface area contributed by atoms with E-state index < -0.39 is 5.41 Å². The molecule has 3 aromatic heterocycles. The maximum Gasteiger partial charge on any atom is 0.238 e. The molecular formula is C21H16N4O2S. The number of hydrogen-bond donors (Lipinski definition) is 1. The zero-order valence-electron chi connectivity index (χ0n) is 14.8. The number of pyridine rings is 1. The summed E-state index contributed by atoms with van der Waals surface area (Å²) in [4.78, 5) is 21.6. The highest BCUT2D eigenvalue weighted by atomic mass is 32.1. The van der Waals surface area contributed by atoms with Gasteiger partial charge in [-0.25, -0.2) is 4.98 Å². The maximum atomic E-state index is 13.0. The van der Waals surface area contributed by atoms with Crippen LogP contribution in [0.15, 0.2) is 70.8 Å². The second-order valence-electron chi connectivity index (χ2n) is 6.76. The fourth-order valence-corrected chi connectivity index (χ4v) is 3.87. The van der Waals surface area contributed by atoms with Gasteiger partial charge in [0.2, 0.25) is 5.91 Å². The molecule has 5 rings (SSSR count). The highest BCUT2D eigenvalue weighted by Crippen LogP contribution is 2.49. The van der Waals surface area contributed by atoms with Crippen LogP contribution in [-0.2, 0) is 10.2 Å². The molecule has 1 fully saturated rings. The van der Waals surface area contributed by atoms with Gasteiger partial charge in [0.25, 0.3) is 0 Å². The van der Waals surface area contributed by atoms with Crippen molar-refractivity contribution >= 4 is 22.4 Å². The second-order valence-corrected chi connectivity index (χ2v) is 7.62. The Hall–Kier alpha value is -3.32. The van der Waals surface area contributed by atoms with Gasteiger partial charge in [-0.05, 0) is 25.0 Å². The molecule has 1 aromatic carbocycles. The Morgan fingerprint density at radius 3 is 2.68 bits per heavy atom. The van der Waals surface area contributed by atoms with Crippen molar-refractivity contribution < 1.29 is 9.32 Å². The van der Waals surface area contributed by atoms with E-state index in [2.05, 4.69) is 20.4 Å². The van der Waals surface area contributed by atoms with Gasteiger partial charge >= 0.3 is 0 Å². The number of aromatic nitrogens is 3. The fraction of sp³-hybridized carbons (Fsp3) is 0.143. The van der Waals surface area contributed by atoms with E-state index in [4.69, 9.17) is 4.52 Å². The van der Waals surface area contributed by atoms with Gasteiger partial charge in [-0.3, -0.25) is 9.78 Å². The van der Waals surface area contributed by atoms with Crippen LogP contribution in [0.25, 0.3) is 22.6 Å². The molecule has 0 aliphatic heterocycles. The van der Waals surface area contributed by atoms with Crippen LogP contribution in [-0.4, -0.2) is 21.0 Å². The second kappa shape index (κ2) is 6.69. The van der Waals surface area contributed by atoms with Crippen LogP contribution >= 0.6 is 11.3 Å². The number of benzene rings is 1. The monoisotopic (exact) mass is 388 g/mol. The molecule has 0 bridgehead atoms. The first-order valence-corrected chi connectivity index (χ1v) is 9.83. The lowest BCUT2D eigenvalue weighted by Crippen LogP contribution is -2.28.